The van der Waals surface area contributed by atoms with Crippen molar-refractivity contribution in [1.82, 2.24) is 9.80 Å². The summed E-state index contributed by atoms with van der Waals surface area (Å²) in [6.07, 6.45) is 5.20. The monoisotopic (exact) mass is 565 g/mol. The van der Waals surface area contributed by atoms with Crippen molar-refractivity contribution < 1.29 is 24.2 Å². The molecule has 0 bridgehead atoms. The Morgan fingerprint density at radius 1 is 1.10 bits per heavy atom. The number of amides is 2. The fraction of sp³-hybridized carbons (Fsp3) is 0.576. The van der Waals surface area contributed by atoms with Crippen LogP contribution >= 0.6 is 0 Å². The fourth-order valence-electron chi connectivity index (χ4n) is 5.38. The lowest BCUT2D eigenvalue weighted by atomic mass is 10.0. The number of rotatable bonds is 8. The Morgan fingerprint density at radius 2 is 1.85 bits per heavy atom. The number of hydrogen-bond donors (Lipinski definition) is 2. The molecule has 0 radical (unpaired) electrons. The summed E-state index contributed by atoms with van der Waals surface area (Å²) in [6.45, 7) is 8.80. The molecule has 41 heavy (non-hydrogen) atoms. The van der Waals surface area contributed by atoms with E-state index in [1.54, 1.807) is 35.2 Å². The van der Waals surface area contributed by atoms with Gasteiger partial charge in [0.1, 0.15) is 5.75 Å². The number of likely N-dealkylation sites (N-methyl/N-ethyl adjacent to an activating group) is 1. The minimum absolute atomic E-state index is 0.0347. The lowest BCUT2D eigenvalue weighted by Gasteiger charge is -2.36. The number of aliphatic hydroxyl groups is 1. The number of nitrogens with zero attached hydrogens (tertiary/aromatic N) is 2. The van der Waals surface area contributed by atoms with Crippen molar-refractivity contribution in [1.29, 1.82) is 0 Å². The molecule has 1 fully saturated rings. The van der Waals surface area contributed by atoms with E-state index in [4.69, 9.17) is 9.47 Å². The maximum absolute atomic E-state index is 14.2. The van der Waals surface area contributed by atoms with Crippen molar-refractivity contribution in [3.63, 3.8) is 0 Å². The van der Waals surface area contributed by atoms with Crippen molar-refractivity contribution in [2.24, 2.45) is 11.8 Å². The van der Waals surface area contributed by atoms with Gasteiger partial charge in [-0.2, -0.15) is 0 Å². The first-order valence-corrected chi connectivity index (χ1v) is 15.1. The molecule has 0 unspecified atom stereocenters. The highest BCUT2D eigenvalue weighted by molar-refractivity contribution is 6.05. The summed E-state index contributed by atoms with van der Waals surface area (Å²) in [7, 11) is 2.15. The molecule has 4 atom stereocenters. The lowest BCUT2D eigenvalue weighted by Crippen LogP contribution is -2.47. The maximum atomic E-state index is 14.2. The third-order valence-electron chi connectivity index (χ3n) is 8.10. The second-order valence-electron chi connectivity index (χ2n) is 12.0. The minimum Gasteiger partial charge on any atom is -0.490 e. The van der Waals surface area contributed by atoms with Crippen LogP contribution in [0.15, 0.2) is 48.5 Å². The van der Waals surface area contributed by atoms with Gasteiger partial charge < -0.3 is 29.7 Å². The molecule has 0 aromatic heterocycles. The van der Waals surface area contributed by atoms with Gasteiger partial charge in [0.05, 0.1) is 30.4 Å². The maximum Gasteiger partial charge on any atom is 0.258 e. The van der Waals surface area contributed by atoms with Crippen LogP contribution in [-0.2, 0) is 4.74 Å². The van der Waals surface area contributed by atoms with E-state index >= 15 is 0 Å². The van der Waals surface area contributed by atoms with Crippen LogP contribution in [0.25, 0.3) is 0 Å². The summed E-state index contributed by atoms with van der Waals surface area (Å²) < 4.78 is 12.7. The zero-order valence-electron chi connectivity index (χ0n) is 25.1. The first kappa shape index (κ1) is 31.0. The van der Waals surface area contributed by atoms with E-state index in [9.17, 15) is 14.7 Å². The van der Waals surface area contributed by atoms with E-state index < -0.39 is 6.04 Å². The minimum atomic E-state index is -0.407. The van der Waals surface area contributed by atoms with Crippen LogP contribution in [0.1, 0.15) is 73.6 Å². The van der Waals surface area contributed by atoms with Crippen molar-refractivity contribution in [3.05, 3.63) is 59.7 Å². The molecular weight excluding hydrogens is 518 g/mol. The lowest BCUT2D eigenvalue weighted by molar-refractivity contribution is -0.0172. The molecule has 1 saturated carbocycles. The highest BCUT2D eigenvalue weighted by Crippen LogP contribution is 2.31. The molecule has 2 N–H and O–H groups in total. The van der Waals surface area contributed by atoms with Gasteiger partial charge in [-0.25, -0.2) is 0 Å². The average molecular weight is 566 g/mol. The topological polar surface area (TPSA) is 91.3 Å². The first-order chi connectivity index (χ1) is 19.7. The van der Waals surface area contributed by atoms with Crippen molar-refractivity contribution >= 4 is 17.5 Å². The van der Waals surface area contributed by atoms with Gasteiger partial charge in [0.25, 0.3) is 11.8 Å². The Hall–Kier alpha value is -2.94. The van der Waals surface area contributed by atoms with E-state index in [0.717, 1.165) is 38.3 Å². The Balaban J connectivity index is 1.62. The predicted molar refractivity (Wildman–Crippen MR) is 161 cm³/mol. The van der Waals surface area contributed by atoms with E-state index in [1.165, 1.54) is 12.8 Å². The predicted octanol–water partition coefficient (Wildman–Crippen LogP) is 5.08. The molecule has 4 rings (SSSR count). The molecule has 8 heteroatoms. The van der Waals surface area contributed by atoms with Crippen LogP contribution in [0.4, 0.5) is 5.69 Å². The average Bonchev–Trinajstić information content (AvgIpc) is 3.78. The van der Waals surface area contributed by atoms with Gasteiger partial charge in [-0.1, -0.05) is 25.1 Å². The van der Waals surface area contributed by atoms with E-state index in [2.05, 4.69) is 24.2 Å². The third kappa shape index (κ3) is 9.02. The summed E-state index contributed by atoms with van der Waals surface area (Å²) in [5.41, 5.74) is 1.41. The summed E-state index contributed by atoms with van der Waals surface area (Å²) in [6, 6.07) is 13.8. The second-order valence-corrected chi connectivity index (χ2v) is 12.0. The molecule has 2 amide bonds. The smallest absolute Gasteiger partial charge is 0.258 e. The number of carbonyl (C=O) groups is 2. The number of anilines is 1. The van der Waals surface area contributed by atoms with Crippen molar-refractivity contribution in [2.45, 2.75) is 71.1 Å². The molecule has 8 nitrogen and oxygen atoms in total. The van der Waals surface area contributed by atoms with E-state index in [-0.39, 0.29) is 36.5 Å². The fourth-order valence-corrected chi connectivity index (χ4v) is 5.38. The van der Waals surface area contributed by atoms with Crippen LogP contribution in [0.3, 0.4) is 0 Å². The Bertz CT molecular complexity index is 1140. The quantitative estimate of drug-likeness (QED) is 0.464. The van der Waals surface area contributed by atoms with E-state index in [0.29, 0.717) is 35.7 Å². The van der Waals surface area contributed by atoms with Crippen molar-refractivity contribution in [2.75, 3.05) is 45.2 Å². The van der Waals surface area contributed by atoms with Crippen molar-refractivity contribution in [3.8, 4) is 5.75 Å². The number of hydrogen-bond acceptors (Lipinski definition) is 6. The Morgan fingerprint density at radius 3 is 2.56 bits per heavy atom. The van der Waals surface area contributed by atoms with Crippen LogP contribution in [0.2, 0.25) is 0 Å². The molecule has 0 spiro atoms. The zero-order valence-corrected chi connectivity index (χ0v) is 25.1. The van der Waals surface area contributed by atoms with Gasteiger partial charge in [-0.3, -0.25) is 9.59 Å². The standard InChI is InChI=1S/C33H47N3O5/c1-23-19-36(24(2)22-37)33(39)29-18-28(34-32(38)27-11-6-5-7-12-27)15-16-30(29)41-25(3)10-8-9-17-40-31(23)21-35(4)20-26-13-14-26/h5-7,11-12,15-16,18,23-26,31,37H,8-10,13-14,17,19-22H2,1-4H3,(H,34,38)/t23-,24+,25-,31-/m0/s1. The SMILES string of the molecule is C[C@H](CO)N1C[C@H](C)[C@H](CN(C)CC2CC2)OCCCC[C@H](C)Oc2ccc(NC(=O)c3ccccc3)cc2C1=O. The van der Waals surface area contributed by atoms with E-state index in [1.807, 2.05) is 32.0 Å². The number of benzene rings is 2. The third-order valence-corrected chi connectivity index (χ3v) is 8.10. The van der Waals surface area contributed by atoms with Gasteiger partial charge in [0, 0.05) is 43.4 Å². The van der Waals surface area contributed by atoms with Gasteiger partial charge in [0.15, 0.2) is 0 Å². The summed E-state index contributed by atoms with van der Waals surface area (Å²) in [5, 5.41) is 13.1. The van der Waals surface area contributed by atoms with Gasteiger partial charge in [-0.15, -0.1) is 0 Å². The number of fused-ring (bicyclic) bond motifs is 1. The van der Waals surface area contributed by atoms with Crippen LogP contribution < -0.4 is 10.1 Å². The van der Waals surface area contributed by atoms with Gasteiger partial charge >= 0.3 is 0 Å². The molecular formula is C33H47N3O5. The summed E-state index contributed by atoms with van der Waals surface area (Å²) in [5.74, 6) is 0.825. The molecule has 2 aliphatic rings. The number of aliphatic hydroxyl groups excluding tert-OH is 1. The Labute approximate surface area is 245 Å². The molecule has 1 aliphatic carbocycles. The first-order valence-electron chi connectivity index (χ1n) is 15.1. The molecule has 0 saturated heterocycles. The molecule has 224 valence electrons. The second kappa shape index (κ2) is 14.8. The highest BCUT2D eigenvalue weighted by atomic mass is 16.5. The number of nitrogens with one attached hydrogen (secondary N) is 1. The molecule has 1 heterocycles. The number of ether oxygens (including phenoxy) is 2. The largest absolute Gasteiger partial charge is 0.490 e. The highest BCUT2D eigenvalue weighted by Gasteiger charge is 2.31. The van der Waals surface area contributed by atoms with Crippen LogP contribution in [0.5, 0.6) is 5.75 Å². The Kier molecular flexibility index (Phi) is 11.2. The van der Waals surface area contributed by atoms with Gasteiger partial charge in [0.2, 0.25) is 0 Å². The zero-order chi connectivity index (χ0) is 29.4. The van der Waals surface area contributed by atoms with Crippen LogP contribution in [-0.4, -0.2) is 84.9 Å². The summed E-state index contributed by atoms with van der Waals surface area (Å²) >= 11 is 0. The number of carbonyl (C=O) groups excluding carboxylic acids is 2. The molecule has 1 aliphatic heterocycles. The van der Waals surface area contributed by atoms with Gasteiger partial charge in [-0.05, 0) is 89.2 Å². The van der Waals surface area contributed by atoms with Crippen LogP contribution in [0, 0.1) is 11.8 Å². The normalized spacial score (nSPS) is 23.3. The summed E-state index contributed by atoms with van der Waals surface area (Å²) in [4.78, 5) is 31.2. The molecule has 2 aromatic carbocycles. The molecule has 2 aromatic rings.